The van der Waals surface area contributed by atoms with E-state index in [1.165, 1.54) is 10.9 Å². The van der Waals surface area contributed by atoms with Crippen LogP contribution >= 0.6 is 27.3 Å². The van der Waals surface area contributed by atoms with E-state index in [1.807, 2.05) is 0 Å². The summed E-state index contributed by atoms with van der Waals surface area (Å²) in [6.07, 6.45) is 0.834. The molecule has 0 aliphatic carbocycles. The lowest BCUT2D eigenvalue weighted by Crippen LogP contribution is -2.30. The normalized spacial score (nSPS) is 11.7. The number of aromatic amines is 1. The standard InChI is InChI=1S/C21H24BrN5S/c1-27(7-5-23)8-6-24-21-20-17-3-2-15(22)11-18(17)26-19(20)12-16(25-21)10-14-4-9-28-13-14/h2-4,9,11-13,26H,5-8,10,23H2,1H3,(H,24,25). The van der Waals surface area contributed by atoms with Crippen molar-refractivity contribution in [3.63, 3.8) is 0 Å². The molecule has 3 aromatic heterocycles. The molecule has 5 nitrogen and oxygen atoms in total. The highest BCUT2D eigenvalue weighted by Crippen LogP contribution is 2.33. The molecule has 0 spiro atoms. The highest BCUT2D eigenvalue weighted by molar-refractivity contribution is 9.10. The Morgan fingerprint density at radius 2 is 2.11 bits per heavy atom. The van der Waals surface area contributed by atoms with Gasteiger partial charge in [0.1, 0.15) is 5.82 Å². The fourth-order valence-corrected chi connectivity index (χ4v) is 4.50. The first-order chi connectivity index (χ1) is 13.6. The number of likely N-dealkylation sites (N-methyl/N-ethyl adjacent to an activating group) is 1. The topological polar surface area (TPSA) is 70.0 Å². The van der Waals surface area contributed by atoms with Crippen LogP contribution in [0.5, 0.6) is 0 Å². The van der Waals surface area contributed by atoms with E-state index in [2.05, 4.69) is 79.3 Å². The van der Waals surface area contributed by atoms with Crippen molar-refractivity contribution < 1.29 is 0 Å². The van der Waals surface area contributed by atoms with E-state index in [0.29, 0.717) is 6.54 Å². The summed E-state index contributed by atoms with van der Waals surface area (Å²) >= 11 is 5.29. The lowest BCUT2D eigenvalue weighted by Gasteiger charge is -2.16. The van der Waals surface area contributed by atoms with E-state index in [1.54, 1.807) is 11.3 Å². The van der Waals surface area contributed by atoms with Gasteiger partial charge in [-0.2, -0.15) is 11.3 Å². The molecule has 4 aromatic rings. The summed E-state index contributed by atoms with van der Waals surface area (Å²) in [4.78, 5) is 10.8. The summed E-state index contributed by atoms with van der Waals surface area (Å²) in [5.74, 6) is 0.942. The van der Waals surface area contributed by atoms with Gasteiger partial charge in [0.15, 0.2) is 0 Å². The molecule has 1 aromatic carbocycles. The number of fused-ring (bicyclic) bond motifs is 3. The van der Waals surface area contributed by atoms with Gasteiger partial charge in [0.05, 0.1) is 5.52 Å². The van der Waals surface area contributed by atoms with Crippen molar-refractivity contribution in [2.45, 2.75) is 6.42 Å². The summed E-state index contributed by atoms with van der Waals surface area (Å²) in [5.41, 5.74) is 10.2. The number of nitrogens with two attached hydrogens (primary N) is 1. The first-order valence-electron chi connectivity index (χ1n) is 9.38. The van der Waals surface area contributed by atoms with Crippen molar-refractivity contribution in [1.29, 1.82) is 0 Å². The molecular weight excluding hydrogens is 434 g/mol. The highest BCUT2D eigenvalue weighted by Gasteiger charge is 2.13. The maximum atomic E-state index is 5.65. The third-order valence-electron chi connectivity index (χ3n) is 4.85. The van der Waals surface area contributed by atoms with E-state index in [-0.39, 0.29) is 0 Å². The number of rotatable bonds is 8. The fourth-order valence-electron chi connectivity index (χ4n) is 3.47. The Balaban J connectivity index is 1.71. The predicted molar refractivity (Wildman–Crippen MR) is 123 cm³/mol. The quantitative estimate of drug-likeness (QED) is 0.365. The maximum Gasteiger partial charge on any atom is 0.136 e. The molecule has 3 heterocycles. The highest BCUT2D eigenvalue weighted by atomic mass is 79.9. The molecule has 4 N–H and O–H groups in total. The molecule has 0 saturated carbocycles. The van der Waals surface area contributed by atoms with Gasteiger partial charge in [0, 0.05) is 59.1 Å². The number of hydrogen-bond donors (Lipinski definition) is 3. The molecular formula is C21H24BrN5S. The van der Waals surface area contributed by atoms with Crippen molar-refractivity contribution >= 4 is 54.9 Å². The van der Waals surface area contributed by atoms with Crippen molar-refractivity contribution in [3.8, 4) is 0 Å². The van der Waals surface area contributed by atoms with Crippen LogP contribution in [-0.2, 0) is 6.42 Å². The minimum Gasteiger partial charge on any atom is -0.368 e. The number of H-pyrrole nitrogens is 1. The number of hydrogen-bond acceptors (Lipinski definition) is 5. The molecule has 0 amide bonds. The summed E-state index contributed by atoms with van der Waals surface area (Å²) < 4.78 is 1.07. The zero-order valence-corrected chi connectivity index (χ0v) is 18.2. The van der Waals surface area contributed by atoms with Crippen LogP contribution in [0.3, 0.4) is 0 Å². The first kappa shape index (κ1) is 19.4. The summed E-state index contributed by atoms with van der Waals surface area (Å²) in [6, 6.07) is 10.7. The second-order valence-corrected chi connectivity index (χ2v) is 8.72. The molecule has 7 heteroatoms. The fraction of sp³-hybridized carbons (Fsp3) is 0.286. The SMILES string of the molecule is CN(CCN)CCNc1nc(Cc2ccsc2)cc2[nH]c3cc(Br)ccc3c12. The Kier molecular flexibility index (Phi) is 5.96. The number of thiophene rings is 1. The van der Waals surface area contributed by atoms with Crippen LogP contribution in [0.1, 0.15) is 11.3 Å². The maximum absolute atomic E-state index is 5.65. The Morgan fingerprint density at radius 3 is 2.89 bits per heavy atom. The molecule has 146 valence electrons. The number of nitrogens with one attached hydrogen (secondary N) is 2. The molecule has 0 aliphatic heterocycles. The van der Waals surface area contributed by atoms with E-state index in [0.717, 1.165) is 58.5 Å². The predicted octanol–water partition coefficient (Wildman–Crippen LogP) is 4.43. The van der Waals surface area contributed by atoms with Gasteiger partial charge in [-0.15, -0.1) is 0 Å². The number of pyridine rings is 1. The van der Waals surface area contributed by atoms with Crippen molar-refractivity contribution in [2.24, 2.45) is 5.73 Å². The third-order valence-corrected chi connectivity index (χ3v) is 6.08. The molecule has 0 radical (unpaired) electrons. The minimum atomic E-state index is 0.673. The number of nitrogens with zero attached hydrogens (tertiary/aromatic N) is 2. The average Bonchev–Trinajstić information content (AvgIpc) is 3.28. The molecule has 0 fully saturated rings. The Hall–Kier alpha value is -1.93. The van der Waals surface area contributed by atoms with Crippen LogP contribution in [0.15, 0.2) is 45.6 Å². The molecule has 4 rings (SSSR count). The number of halogens is 1. The van der Waals surface area contributed by atoms with Gasteiger partial charge in [0.25, 0.3) is 0 Å². The number of benzene rings is 1. The summed E-state index contributed by atoms with van der Waals surface area (Å²) in [5, 5.41) is 10.2. The van der Waals surface area contributed by atoms with Gasteiger partial charge in [-0.05, 0) is 47.6 Å². The molecule has 0 aliphatic rings. The van der Waals surface area contributed by atoms with Crippen molar-refractivity contribution in [2.75, 3.05) is 38.5 Å². The van der Waals surface area contributed by atoms with Crippen LogP contribution in [0.2, 0.25) is 0 Å². The van der Waals surface area contributed by atoms with Gasteiger partial charge in [0.2, 0.25) is 0 Å². The van der Waals surface area contributed by atoms with Crippen LogP contribution in [0.4, 0.5) is 5.82 Å². The van der Waals surface area contributed by atoms with E-state index in [4.69, 9.17) is 10.7 Å². The van der Waals surface area contributed by atoms with Gasteiger partial charge < -0.3 is 20.9 Å². The van der Waals surface area contributed by atoms with Crippen LogP contribution in [0.25, 0.3) is 21.8 Å². The second-order valence-electron chi connectivity index (χ2n) is 7.03. The van der Waals surface area contributed by atoms with Gasteiger partial charge in [-0.25, -0.2) is 4.98 Å². The average molecular weight is 458 g/mol. The van der Waals surface area contributed by atoms with E-state index in [9.17, 15) is 0 Å². The van der Waals surface area contributed by atoms with Crippen molar-refractivity contribution in [3.05, 3.63) is 56.8 Å². The molecule has 0 bridgehead atoms. The minimum absolute atomic E-state index is 0.673. The van der Waals surface area contributed by atoms with Gasteiger partial charge >= 0.3 is 0 Å². The first-order valence-corrected chi connectivity index (χ1v) is 11.1. The molecule has 28 heavy (non-hydrogen) atoms. The Morgan fingerprint density at radius 1 is 1.21 bits per heavy atom. The zero-order valence-electron chi connectivity index (χ0n) is 15.8. The molecule has 0 saturated heterocycles. The number of aromatic nitrogens is 2. The van der Waals surface area contributed by atoms with Gasteiger partial charge in [-0.1, -0.05) is 22.0 Å². The van der Waals surface area contributed by atoms with Gasteiger partial charge in [-0.3, -0.25) is 0 Å². The second kappa shape index (κ2) is 8.61. The zero-order chi connectivity index (χ0) is 19.5. The molecule has 0 unspecified atom stereocenters. The van der Waals surface area contributed by atoms with E-state index >= 15 is 0 Å². The molecule has 0 atom stereocenters. The lowest BCUT2D eigenvalue weighted by molar-refractivity contribution is 0.357. The number of anilines is 1. The summed E-state index contributed by atoms with van der Waals surface area (Å²) in [7, 11) is 2.09. The smallest absolute Gasteiger partial charge is 0.136 e. The van der Waals surface area contributed by atoms with Crippen LogP contribution < -0.4 is 11.1 Å². The van der Waals surface area contributed by atoms with E-state index < -0.39 is 0 Å². The largest absolute Gasteiger partial charge is 0.368 e. The lowest BCUT2D eigenvalue weighted by atomic mass is 10.1. The van der Waals surface area contributed by atoms with Crippen LogP contribution in [0, 0.1) is 0 Å². The third kappa shape index (κ3) is 4.22. The monoisotopic (exact) mass is 457 g/mol. The summed E-state index contributed by atoms with van der Waals surface area (Å²) in [6.45, 7) is 3.31. The van der Waals surface area contributed by atoms with Crippen LogP contribution in [-0.4, -0.2) is 48.1 Å². The Labute approximate surface area is 177 Å². The van der Waals surface area contributed by atoms with Crippen molar-refractivity contribution in [1.82, 2.24) is 14.9 Å². The Bertz CT molecular complexity index is 1070.